The van der Waals surface area contributed by atoms with Crippen LogP contribution < -0.4 is 0 Å². The standard InChI is InChI=1S/C21H26N2O2/c1-2-6-17(7-3-1)8-4-12-23(16-20-9-5-13-24-20)15-19-14-21(25-22-19)18-10-11-18/h1-4,6-8,14,18,20H,5,9-13,15-16H2/b8-4+/t20-/m1/s1. The number of rotatable bonds is 8. The van der Waals surface area contributed by atoms with Crippen LogP contribution in [-0.2, 0) is 11.3 Å². The zero-order valence-corrected chi connectivity index (χ0v) is 14.6. The van der Waals surface area contributed by atoms with Crippen molar-refractivity contribution in [2.75, 3.05) is 19.7 Å². The molecule has 0 amide bonds. The predicted octanol–water partition coefficient (Wildman–Crippen LogP) is 4.25. The van der Waals surface area contributed by atoms with Gasteiger partial charge in [-0.2, -0.15) is 0 Å². The first kappa shape index (κ1) is 16.6. The first-order chi connectivity index (χ1) is 12.4. The Morgan fingerprint density at radius 1 is 1.16 bits per heavy atom. The Labute approximate surface area is 149 Å². The monoisotopic (exact) mass is 338 g/mol. The lowest BCUT2D eigenvalue weighted by atomic mass is 10.2. The third-order valence-corrected chi connectivity index (χ3v) is 4.90. The first-order valence-corrected chi connectivity index (χ1v) is 9.38. The normalized spacial score (nSPS) is 20.8. The molecule has 0 unspecified atom stereocenters. The number of hydrogen-bond donors (Lipinski definition) is 0. The van der Waals surface area contributed by atoms with E-state index in [0.29, 0.717) is 12.0 Å². The zero-order chi connectivity index (χ0) is 16.9. The van der Waals surface area contributed by atoms with Gasteiger partial charge in [-0.1, -0.05) is 47.6 Å². The lowest BCUT2D eigenvalue weighted by Gasteiger charge is -2.22. The SMILES string of the molecule is C(=C\c1ccccc1)/CN(Cc1cc(C2CC2)on1)C[C@H]1CCCO1. The van der Waals surface area contributed by atoms with Gasteiger partial charge in [0.2, 0.25) is 0 Å². The molecule has 25 heavy (non-hydrogen) atoms. The van der Waals surface area contributed by atoms with Crippen molar-refractivity contribution in [3.05, 3.63) is 59.5 Å². The van der Waals surface area contributed by atoms with E-state index in [1.807, 2.05) is 6.07 Å². The maximum absolute atomic E-state index is 5.83. The van der Waals surface area contributed by atoms with Crippen LogP contribution in [0.15, 0.2) is 47.0 Å². The fourth-order valence-corrected chi connectivity index (χ4v) is 3.37. The highest BCUT2D eigenvalue weighted by molar-refractivity contribution is 5.48. The Hall–Kier alpha value is -1.91. The van der Waals surface area contributed by atoms with E-state index in [2.05, 4.69) is 52.5 Å². The van der Waals surface area contributed by atoms with Crippen molar-refractivity contribution in [1.29, 1.82) is 0 Å². The molecule has 4 rings (SSSR count). The van der Waals surface area contributed by atoms with Gasteiger partial charge in [0, 0.05) is 38.2 Å². The van der Waals surface area contributed by atoms with Gasteiger partial charge in [0.25, 0.3) is 0 Å². The second-order valence-electron chi connectivity index (χ2n) is 7.14. The molecule has 1 saturated heterocycles. The number of aromatic nitrogens is 1. The lowest BCUT2D eigenvalue weighted by molar-refractivity contribution is 0.0740. The van der Waals surface area contributed by atoms with Crippen molar-refractivity contribution in [2.24, 2.45) is 0 Å². The lowest BCUT2D eigenvalue weighted by Crippen LogP contribution is -2.32. The summed E-state index contributed by atoms with van der Waals surface area (Å²) in [7, 11) is 0. The summed E-state index contributed by atoms with van der Waals surface area (Å²) in [4.78, 5) is 2.41. The van der Waals surface area contributed by atoms with Crippen molar-refractivity contribution in [3.63, 3.8) is 0 Å². The van der Waals surface area contributed by atoms with Gasteiger partial charge >= 0.3 is 0 Å². The van der Waals surface area contributed by atoms with E-state index in [0.717, 1.165) is 44.1 Å². The molecule has 1 aliphatic heterocycles. The second-order valence-corrected chi connectivity index (χ2v) is 7.14. The van der Waals surface area contributed by atoms with E-state index in [1.165, 1.54) is 24.8 Å². The molecular weight excluding hydrogens is 312 g/mol. The van der Waals surface area contributed by atoms with Crippen molar-refractivity contribution in [1.82, 2.24) is 10.1 Å². The smallest absolute Gasteiger partial charge is 0.140 e. The van der Waals surface area contributed by atoms with Crippen LogP contribution in [0.1, 0.15) is 48.6 Å². The van der Waals surface area contributed by atoms with Crippen LogP contribution in [0.3, 0.4) is 0 Å². The largest absolute Gasteiger partial charge is 0.377 e. The third-order valence-electron chi connectivity index (χ3n) is 4.90. The summed E-state index contributed by atoms with van der Waals surface area (Å²) in [6.45, 7) is 3.55. The summed E-state index contributed by atoms with van der Waals surface area (Å²) in [6, 6.07) is 12.6. The van der Waals surface area contributed by atoms with Crippen molar-refractivity contribution >= 4 is 6.08 Å². The van der Waals surface area contributed by atoms with Gasteiger partial charge in [-0.25, -0.2) is 0 Å². The molecule has 0 spiro atoms. The summed E-state index contributed by atoms with van der Waals surface area (Å²) in [5.41, 5.74) is 2.27. The molecule has 1 atom stereocenters. The summed E-state index contributed by atoms with van der Waals surface area (Å²) in [5, 5.41) is 4.28. The highest BCUT2D eigenvalue weighted by atomic mass is 16.5. The highest BCUT2D eigenvalue weighted by Crippen LogP contribution is 2.40. The van der Waals surface area contributed by atoms with E-state index in [-0.39, 0.29) is 0 Å². The minimum absolute atomic E-state index is 0.347. The van der Waals surface area contributed by atoms with Gasteiger partial charge in [0.1, 0.15) is 5.76 Å². The molecular formula is C21H26N2O2. The number of nitrogens with zero attached hydrogens (tertiary/aromatic N) is 2. The Kier molecular flexibility index (Phi) is 5.28. The average Bonchev–Trinajstić information content (AvgIpc) is 3.16. The quantitative estimate of drug-likeness (QED) is 0.721. The van der Waals surface area contributed by atoms with Gasteiger partial charge in [-0.05, 0) is 31.2 Å². The summed E-state index contributed by atoms with van der Waals surface area (Å²) in [6.07, 6.45) is 9.58. The highest BCUT2D eigenvalue weighted by Gasteiger charge is 2.28. The molecule has 2 aliphatic rings. The van der Waals surface area contributed by atoms with Crippen molar-refractivity contribution in [3.8, 4) is 0 Å². The van der Waals surface area contributed by atoms with Crippen LogP contribution in [0.25, 0.3) is 6.08 Å². The first-order valence-electron chi connectivity index (χ1n) is 9.38. The molecule has 2 aromatic rings. The average molecular weight is 338 g/mol. The van der Waals surface area contributed by atoms with Crippen LogP contribution in [-0.4, -0.2) is 35.9 Å². The van der Waals surface area contributed by atoms with Gasteiger partial charge in [-0.15, -0.1) is 0 Å². The molecule has 2 fully saturated rings. The molecule has 1 aromatic heterocycles. The number of benzene rings is 1. The summed E-state index contributed by atoms with van der Waals surface area (Å²) in [5.74, 6) is 1.68. The molecule has 132 valence electrons. The van der Waals surface area contributed by atoms with Crippen molar-refractivity contribution < 1.29 is 9.26 Å². The maximum Gasteiger partial charge on any atom is 0.140 e. The Morgan fingerprint density at radius 2 is 2.04 bits per heavy atom. The van der Waals surface area contributed by atoms with Gasteiger partial charge in [0.05, 0.1) is 11.8 Å². The van der Waals surface area contributed by atoms with E-state index < -0.39 is 0 Å². The zero-order valence-electron chi connectivity index (χ0n) is 14.6. The van der Waals surface area contributed by atoms with Crippen LogP contribution in [0.4, 0.5) is 0 Å². The van der Waals surface area contributed by atoms with Gasteiger partial charge in [0.15, 0.2) is 0 Å². The molecule has 1 aromatic carbocycles. The van der Waals surface area contributed by atoms with Crippen LogP contribution >= 0.6 is 0 Å². The molecule has 0 radical (unpaired) electrons. The molecule has 0 bridgehead atoms. The topological polar surface area (TPSA) is 38.5 Å². The minimum atomic E-state index is 0.347. The van der Waals surface area contributed by atoms with Gasteiger partial charge in [-0.3, -0.25) is 4.90 Å². The number of hydrogen-bond acceptors (Lipinski definition) is 4. The van der Waals surface area contributed by atoms with Crippen molar-refractivity contribution in [2.45, 2.75) is 44.2 Å². The summed E-state index contributed by atoms with van der Waals surface area (Å²) >= 11 is 0. The summed E-state index contributed by atoms with van der Waals surface area (Å²) < 4.78 is 11.3. The van der Waals surface area contributed by atoms with E-state index in [9.17, 15) is 0 Å². The fourth-order valence-electron chi connectivity index (χ4n) is 3.37. The second kappa shape index (κ2) is 7.98. The molecule has 1 saturated carbocycles. The molecule has 0 N–H and O–H groups in total. The number of ether oxygens (including phenoxy) is 1. The maximum atomic E-state index is 5.83. The molecule has 1 aliphatic carbocycles. The van der Waals surface area contributed by atoms with Crippen LogP contribution in [0.5, 0.6) is 0 Å². The fraction of sp³-hybridized carbons (Fsp3) is 0.476. The molecule has 4 heteroatoms. The molecule has 2 heterocycles. The Balaban J connectivity index is 1.38. The van der Waals surface area contributed by atoms with Crippen LogP contribution in [0.2, 0.25) is 0 Å². The third kappa shape index (κ3) is 4.80. The Bertz CT molecular complexity index is 685. The van der Waals surface area contributed by atoms with Gasteiger partial charge < -0.3 is 9.26 Å². The van der Waals surface area contributed by atoms with E-state index in [4.69, 9.17) is 9.26 Å². The van der Waals surface area contributed by atoms with E-state index in [1.54, 1.807) is 0 Å². The minimum Gasteiger partial charge on any atom is -0.377 e. The molecule has 4 nitrogen and oxygen atoms in total. The predicted molar refractivity (Wildman–Crippen MR) is 98.2 cm³/mol. The Morgan fingerprint density at radius 3 is 2.80 bits per heavy atom. The van der Waals surface area contributed by atoms with Crippen LogP contribution in [0, 0.1) is 0 Å². The van der Waals surface area contributed by atoms with E-state index >= 15 is 0 Å².